The molecule has 1 N–H and O–H groups in total. The Hall–Kier alpha value is -2.77. The first-order chi connectivity index (χ1) is 18.3. The third-order valence-corrected chi connectivity index (χ3v) is 9.24. The molecule has 7 nitrogen and oxygen atoms in total. The van der Waals surface area contributed by atoms with E-state index in [1.165, 1.54) is 29.5 Å². The minimum absolute atomic E-state index is 0.329. The zero-order valence-corrected chi connectivity index (χ0v) is 23.4. The second-order valence-electron chi connectivity index (χ2n) is 11.8. The van der Waals surface area contributed by atoms with Crippen molar-refractivity contribution in [2.75, 3.05) is 46.9 Å². The van der Waals surface area contributed by atoms with Crippen LogP contribution in [0.1, 0.15) is 68.2 Å². The number of rotatable bonds is 7. The average molecular weight is 522 g/mol. The molecule has 206 valence electrons. The summed E-state index contributed by atoms with van der Waals surface area (Å²) in [7, 11) is 3.36. The van der Waals surface area contributed by atoms with E-state index in [0.717, 1.165) is 50.5 Å². The summed E-state index contributed by atoms with van der Waals surface area (Å²) in [6.45, 7) is 9.91. The summed E-state index contributed by atoms with van der Waals surface area (Å²) in [5.74, 6) is 2.01. The fourth-order valence-electron chi connectivity index (χ4n) is 7.04. The molecule has 38 heavy (non-hydrogen) atoms. The van der Waals surface area contributed by atoms with Crippen molar-refractivity contribution in [1.29, 1.82) is 0 Å². The van der Waals surface area contributed by atoms with Gasteiger partial charge in [-0.2, -0.15) is 0 Å². The smallest absolute Gasteiger partial charge is 0.407 e. The standard InChI is InChI=1S/C31H43N3O4/c1-22(2)25-7-5-6-8-26(25)27-21-32(20-23-9-10-28(37-3)29(17-23)38-4)15-16-34(27)24-18-31(19-24)11-13-33(14-12-31)30(35)36/h5-10,17,22,24,27H,11-16,18-21H2,1-4H3,(H,35,36)/t27-/m0/s1. The maximum atomic E-state index is 11.4. The molecule has 3 fully saturated rings. The number of hydrogen-bond donors (Lipinski definition) is 1. The summed E-state index contributed by atoms with van der Waals surface area (Å²) < 4.78 is 11.0. The molecule has 7 heteroatoms. The van der Waals surface area contributed by atoms with Gasteiger partial charge >= 0.3 is 6.09 Å². The van der Waals surface area contributed by atoms with E-state index in [1.807, 2.05) is 6.07 Å². The Balaban J connectivity index is 1.33. The van der Waals surface area contributed by atoms with Gasteiger partial charge in [-0.25, -0.2) is 4.79 Å². The molecule has 2 aliphatic heterocycles. The number of nitrogens with zero attached hydrogens (tertiary/aromatic N) is 3. The van der Waals surface area contributed by atoms with Crippen molar-refractivity contribution in [3.8, 4) is 11.5 Å². The van der Waals surface area contributed by atoms with Crippen LogP contribution in [-0.4, -0.2) is 78.9 Å². The van der Waals surface area contributed by atoms with E-state index in [9.17, 15) is 9.90 Å². The Labute approximate surface area is 227 Å². The minimum atomic E-state index is -0.772. The third kappa shape index (κ3) is 5.36. The average Bonchev–Trinajstić information content (AvgIpc) is 2.91. The summed E-state index contributed by atoms with van der Waals surface area (Å²) in [4.78, 5) is 18.4. The fraction of sp³-hybridized carbons (Fsp3) is 0.581. The molecular formula is C31H43N3O4. The number of piperazine rings is 1. The van der Waals surface area contributed by atoms with Gasteiger partial charge < -0.3 is 19.5 Å². The Morgan fingerprint density at radius 2 is 1.71 bits per heavy atom. The first-order valence-electron chi connectivity index (χ1n) is 14.1. The zero-order chi connectivity index (χ0) is 26.9. The van der Waals surface area contributed by atoms with Crippen LogP contribution in [0.2, 0.25) is 0 Å². The van der Waals surface area contributed by atoms with Gasteiger partial charge in [-0.05, 0) is 65.8 Å². The van der Waals surface area contributed by atoms with Crippen LogP contribution in [0.3, 0.4) is 0 Å². The summed E-state index contributed by atoms with van der Waals surface area (Å²) in [6.07, 6.45) is 3.61. The van der Waals surface area contributed by atoms with E-state index in [1.54, 1.807) is 19.1 Å². The lowest BCUT2D eigenvalue weighted by Gasteiger charge is -2.58. The van der Waals surface area contributed by atoms with Gasteiger partial charge in [-0.15, -0.1) is 0 Å². The van der Waals surface area contributed by atoms with Crippen LogP contribution in [-0.2, 0) is 6.54 Å². The molecule has 2 aromatic carbocycles. The molecule has 1 atom stereocenters. The molecule has 0 bridgehead atoms. The molecule has 1 spiro atoms. The summed E-state index contributed by atoms with van der Waals surface area (Å²) in [6, 6.07) is 16.2. The SMILES string of the molecule is COc1ccc(CN2CCN(C3CC4(CCN(C(=O)O)CC4)C3)[C@H](c3ccccc3C(C)C)C2)cc1OC. The molecule has 0 radical (unpaired) electrons. The number of piperidine rings is 1. The molecule has 1 aliphatic carbocycles. The second-order valence-corrected chi connectivity index (χ2v) is 11.8. The molecule has 1 amide bonds. The van der Waals surface area contributed by atoms with Gasteiger partial charge in [0, 0.05) is 51.4 Å². The predicted molar refractivity (Wildman–Crippen MR) is 149 cm³/mol. The summed E-state index contributed by atoms with van der Waals surface area (Å²) >= 11 is 0. The molecule has 0 unspecified atom stereocenters. The molecule has 2 heterocycles. The minimum Gasteiger partial charge on any atom is -0.493 e. The summed E-state index contributed by atoms with van der Waals surface area (Å²) in [5.41, 5.74) is 4.47. The van der Waals surface area contributed by atoms with E-state index in [-0.39, 0.29) is 0 Å². The number of benzene rings is 2. The first-order valence-corrected chi connectivity index (χ1v) is 14.1. The molecule has 2 aromatic rings. The Bertz CT molecular complexity index is 1120. The van der Waals surface area contributed by atoms with Crippen molar-refractivity contribution in [1.82, 2.24) is 14.7 Å². The number of ether oxygens (including phenoxy) is 2. The van der Waals surface area contributed by atoms with Gasteiger partial charge in [0.1, 0.15) is 0 Å². The van der Waals surface area contributed by atoms with E-state index in [4.69, 9.17) is 9.47 Å². The Kier molecular flexibility index (Phi) is 7.87. The fourth-order valence-corrected chi connectivity index (χ4v) is 7.04. The molecule has 3 aliphatic rings. The van der Waals surface area contributed by atoms with E-state index < -0.39 is 6.09 Å². The third-order valence-electron chi connectivity index (χ3n) is 9.24. The van der Waals surface area contributed by atoms with Crippen LogP contribution < -0.4 is 9.47 Å². The van der Waals surface area contributed by atoms with Crippen LogP contribution in [0.25, 0.3) is 0 Å². The highest BCUT2D eigenvalue weighted by atomic mass is 16.5. The van der Waals surface area contributed by atoms with Gasteiger partial charge in [-0.1, -0.05) is 44.2 Å². The number of hydrogen-bond acceptors (Lipinski definition) is 5. The normalized spacial score (nSPS) is 22.4. The molecular weight excluding hydrogens is 478 g/mol. The van der Waals surface area contributed by atoms with Gasteiger partial charge in [0.2, 0.25) is 0 Å². The predicted octanol–water partition coefficient (Wildman–Crippen LogP) is 5.61. The van der Waals surface area contributed by atoms with Crippen LogP contribution in [0, 0.1) is 5.41 Å². The number of likely N-dealkylation sites (tertiary alicyclic amines) is 1. The highest BCUT2D eigenvalue weighted by Gasteiger charge is 2.50. The number of carbonyl (C=O) groups is 1. The van der Waals surface area contributed by atoms with E-state index in [2.05, 4.69) is 60.0 Å². The molecule has 0 aromatic heterocycles. The lowest BCUT2D eigenvalue weighted by atomic mass is 9.59. The van der Waals surface area contributed by atoms with Crippen molar-refractivity contribution in [3.63, 3.8) is 0 Å². The van der Waals surface area contributed by atoms with Crippen molar-refractivity contribution in [2.45, 2.75) is 64.1 Å². The lowest BCUT2D eigenvalue weighted by molar-refractivity contribution is -0.0749. The molecule has 5 rings (SSSR count). The molecule has 2 saturated heterocycles. The highest BCUT2D eigenvalue weighted by Crippen LogP contribution is 2.53. The van der Waals surface area contributed by atoms with Crippen molar-refractivity contribution < 1.29 is 19.4 Å². The van der Waals surface area contributed by atoms with Crippen LogP contribution in [0.15, 0.2) is 42.5 Å². The van der Waals surface area contributed by atoms with Gasteiger partial charge in [-0.3, -0.25) is 9.80 Å². The van der Waals surface area contributed by atoms with Crippen LogP contribution in [0.5, 0.6) is 11.5 Å². The van der Waals surface area contributed by atoms with Gasteiger partial charge in [0.15, 0.2) is 11.5 Å². The van der Waals surface area contributed by atoms with Crippen molar-refractivity contribution in [2.24, 2.45) is 5.41 Å². The number of carboxylic acid groups (broad SMARTS) is 1. The van der Waals surface area contributed by atoms with E-state index >= 15 is 0 Å². The highest BCUT2D eigenvalue weighted by molar-refractivity contribution is 5.65. The monoisotopic (exact) mass is 521 g/mol. The quantitative estimate of drug-likeness (QED) is 0.511. The number of methoxy groups -OCH3 is 2. The van der Waals surface area contributed by atoms with Crippen LogP contribution in [0.4, 0.5) is 4.79 Å². The van der Waals surface area contributed by atoms with Crippen molar-refractivity contribution in [3.05, 3.63) is 59.2 Å². The number of amides is 1. The Morgan fingerprint density at radius 1 is 1.00 bits per heavy atom. The Morgan fingerprint density at radius 3 is 2.37 bits per heavy atom. The largest absolute Gasteiger partial charge is 0.493 e. The maximum Gasteiger partial charge on any atom is 0.407 e. The molecule has 1 saturated carbocycles. The second kappa shape index (κ2) is 11.1. The van der Waals surface area contributed by atoms with Crippen molar-refractivity contribution >= 4 is 6.09 Å². The maximum absolute atomic E-state index is 11.4. The summed E-state index contributed by atoms with van der Waals surface area (Å²) in [5, 5.41) is 9.37. The van der Waals surface area contributed by atoms with Gasteiger partial charge in [0.05, 0.1) is 14.2 Å². The topological polar surface area (TPSA) is 65.5 Å². The first kappa shape index (κ1) is 26.8. The van der Waals surface area contributed by atoms with E-state index in [0.29, 0.717) is 36.5 Å². The lowest BCUT2D eigenvalue weighted by Crippen LogP contribution is -2.60. The zero-order valence-electron chi connectivity index (χ0n) is 23.4. The van der Waals surface area contributed by atoms with Gasteiger partial charge in [0.25, 0.3) is 0 Å². The van der Waals surface area contributed by atoms with Crippen LogP contribution >= 0.6 is 0 Å².